The van der Waals surface area contributed by atoms with Crippen molar-refractivity contribution in [2.24, 2.45) is 0 Å². The second-order valence-electron chi connectivity index (χ2n) is 4.71. The third-order valence-corrected chi connectivity index (χ3v) is 3.42. The second kappa shape index (κ2) is 6.92. The molecular weight excluding hydrogens is 282 g/mol. The summed E-state index contributed by atoms with van der Waals surface area (Å²) in [5.74, 6) is 0.538. The molecule has 1 aliphatic heterocycles. The van der Waals surface area contributed by atoms with Crippen LogP contribution in [0.5, 0.6) is 5.75 Å². The maximum Gasteiger partial charge on any atom is 0.260 e. The van der Waals surface area contributed by atoms with Crippen molar-refractivity contribution in [1.82, 2.24) is 4.90 Å². The minimum Gasteiger partial charge on any atom is -0.483 e. The van der Waals surface area contributed by atoms with E-state index in [1.807, 2.05) is 6.92 Å². The normalized spacial score (nSPS) is 18.9. The van der Waals surface area contributed by atoms with Gasteiger partial charge in [-0.2, -0.15) is 0 Å². The molecule has 110 valence electrons. The Morgan fingerprint density at radius 3 is 3.10 bits per heavy atom. The molecule has 1 aromatic carbocycles. The number of carbonyl (C=O) groups is 1. The highest BCUT2D eigenvalue weighted by Gasteiger charge is 2.23. The van der Waals surface area contributed by atoms with Gasteiger partial charge >= 0.3 is 0 Å². The summed E-state index contributed by atoms with van der Waals surface area (Å²) < 4.78 is 10.8. The van der Waals surface area contributed by atoms with Crippen LogP contribution >= 0.6 is 11.6 Å². The maximum atomic E-state index is 12.0. The molecular formula is C14H18ClNO4. The van der Waals surface area contributed by atoms with Crippen molar-refractivity contribution in [3.8, 4) is 5.75 Å². The number of rotatable bonds is 4. The molecule has 20 heavy (non-hydrogen) atoms. The Morgan fingerprint density at radius 1 is 1.60 bits per heavy atom. The van der Waals surface area contributed by atoms with E-state index < -0.39 is 0 Å². The van der Waals surface area contributed by atoms with E-state index in [1.165, 1.54) is 0 Å². The predicted octanol–water partition coefficient (Wildman–Crippen LogP) is 1.25. The molecule has 6 heteroatoms. The highest BCUT2D eigenvalue weighted by atomic mass is 35.5. The Hall–Kier alpha value is -1.30. The van der Waals surface area contributed by atoms with E-state index in [2.05, 4.69) is 0 Å². The molecule has 1 amide bonds. The lowest BCUT2D eigenvalue weighted by Crippen LogP contribution is -2.48. The zero-order chi connectivity index (χ0) is 14.5. The molecule has 1 aliphatic rings. The van der Waals surface area contributed by atoms with Crippen LogP contribution in [0.15, 0.2) is 18.2 Å². The van der Waals surface area contributed by atoms with Crippen LogP contribution in [0, 0.1) is 6.92 Å². The topological polar surface area (TPSA) is 59.0 Å². The minimum absolute atomic E-state index is 0.0272. The van der Waals surface area contributed by atoms with Gasteiger partial charge < -0.3 is 19.5 Å². The number of nitrogens with zero attached hydrogens (tertiary/aromatic N) is 1. The number of hydrogen-bond acceptors (Lipinski definition) is 4. The minimum atomic E-state index is -0.301. The van der Waals surface area contributed by atoms with Gasteiger partial charge in [0.1, 0.15) is 5.75 Å². The van der Waals surface area contributed by atoms with Crippen LogP contribution in [0.25, 0.3) is 0 Å². The first-order chi connectivity index (χ1) is 9.60. The molecule has 1 fully saturated rings. The first-order valence-electron chi connectivity index (χ1n) is 6.49. The van der Waals surface area contributed by atoms with Crippen LogP contribution in [-0.4, -0.2) is 54.9 Å². The van der Waals surface area contributed by atoms with Gasteiger partial charge in [0.05, 0.1) is 19.3 Å². The lowest BCUT2D eigenvalue weighted by molar-refractivity contribution is -0.142. The molecule has 5 nitrogen and oxygen atoms in total. The number of aliphatic hydroxyl groups is 1. The van der Waals surface area contributed by atoms with Crippen LogP contribution in [0.3, 0.4) is 0 Å². The van der Waals surface area contributed by atoms with Gasteiger partial charge in [0.25, 0.3) is 5.91 Å². The van der Waals surface area contributed by atoms with E-state index in [-0.39, 0.29) is 25.2 Å². The highest BCUT2D eigenvalue weighted by molar-refractivity contribution is 6.30. The average molecular weight is 300 g/mol. The quantitative estimate of drug-likeness (QED) is 0.909. The van der Waals surface area contributed by atoms with Gasteiger partial charge in [0, 0.05) is 18.1 Å². The van der Waals surface area contributed by atoms with E-state index in [0.29, 0.717) is 30.5 Å². The monoisotopic (exact) mass is 299 g/mol. The predicted molar refractivity (Wildman–Crippen MR) is 75.1 cm³/mol. The van der Waals surface area contributed by atoms with Gasteiger partial charge in [-0.1, -0.05) is 11.6 Å². The zero-order valence-corrected chi connectivity index (χ0v) is 12.1. The van der Waals surface area contributed by atoms with Crippen molar-refractivity contribution < 1.29 is 19.4 Å². The molecule has 2 rings (SSSR count). The fourth-order valence-corrected chi connectivity index (χ4v) is 2.29. The Bertz CT molecular complexity index is 480. The molecule has 0 bridgehead atoms. The summed E-state index contributed by atoms with van der Waals surface area (Å²) >= 11 is 5.87. The molecule has 1 unspecified atom stereocenters. The van der Waals surface area contributed by atoms with E-state index in [0.717, 1.165) is 5.56 Å². The highest BCUT2D eigenvalue weighted by Crippen LogP contribution is 2.21. The van der Waals surface area contributed by atoms with Crippen LogP contribution in [0.2, 0.25) is 5.02 Å². The smallest absolute Gasteiger partial charge is 0.260 e. The Balaban J connectivity index is 1.88. The number of halogens is 1. The number of aliphatic hydroxyl groups excluding tert-OH is 1. The summed E-state index contributed by atoms with van der Waals surface area (Å²) in [5.41, 5.74) is 0.889. The lowest BCUT2D eigenvalue weighted by atomic mass is 10.2. The lowest BCUT2D eigenvalue weighted by Gasteiger charge is -2.32. The SMILES string of the molecule is Cc1cc(Cl)ccc1OCC(=O)N1CCOC(CO)C1. The summed E-state index contributed by atoms with van der Waals surface area (Å²) in [6.45, 7) is 3.14. The van der Waals surface area contributed by atoms with Crippen molar-refractivity contribution >= 4 is 17.5 Å². The van der Waals surface area contributed by atoms with E-state index >= 15 is 0 Å². The largest absolute Gasteiger partial charge is 0.483 e. The summed E-state index contributed by atoms with van der Waals surface area (Å²) in [7, 11) is 0. The molecule has 0 spiro atoms. The summed E-state index contributed by atoms with van der Waals surface area (Å²) in [6, 6.07) is 5.27. The van der Waals surface area contributed by atoms with Gasteiger partial charge in [0.2, 0.25) is 0 Å². The number of hydrogen-bond donors (Lipinski definition) is 1. The second-order valence-corrected chi connectivity index (χ2v) is 5.15. The average Bonchev–Trinajstić information content (AvgIpc) is 2.46. The molecule has 0 saturated carbocycles. The Labute approximate surface area is 123 Å². The van der Waals surface area contributed by atoms with Crippen LogP contribution in [0.1, 0.15) is 5.56 Å². The molecule has 1 aromatic rings. The van der Waals surface area contributed by atoms with Crippen LogP contribution in [-0.2, 0) is 9.53 Å². The maximum absolute atomic E-state index is 12.0. The number of ether oxygens (including phenoxy) is 2. The van der Waals surface area contributed by atoms with Gasteiger partial charge in [-0.05, 0) is 30.7 Å². The summed E-state index contributed by atoms with van der Waals surface area (Å²) in [4.78, 5) is 13.7. The van der Waals surface area contributed by atoms with Gasteiger partial charge in [-0.15, -0.1) is 0 Å². The van der Waals surface area contributed by atoms with Crippen molar-refractivity contribution in [1.29, 1.82) is 0 Å². The number of amides is 1. The third-order valence-electron chi connectivity index (χ3n) is 3.18. The number of morpholine rings is 1. The molecule has 1 heterocycles. The summed E-state index contributed by atoms with van der Waals surface area (Å²) in [6.07, 6.45) is -0.301. The molecule has 0 aliphatic carbocycles. The molecule has 1 atom stereocenters. The Morgan fingerprint density at radius 2 is 2.40 bits per heavy atom. The summed E-state index contributed by atoms with van der Waals surface area (Å²) in [5, 5.41) is 9.69. The molecule has 0 radical (unpaired) electrons. The first-order valence-corrected chi connectivity index (χ1v) is 6.87. The fourth-order valence-electron chi connectivity index (χ4n) is 2.06. The van der Waals surface area contributed by atoms with E-state index in [1.54, 1.807) is 23.1 Å². The molecule has 0 aromatic heterocycles. The van der Waals surface area contributed by atoms with Crippen LogP contribution < -0.4 is 4.74 Å². The van der Waals surface area contributed by atoms with Gasteiger partial charge in [-0.25, -0.2) is 0 Å². The van der Waals surface area contributed by atoms with E-state index in [9.17, 15) is 4.79 Å². The first kappa shape index (κ1) is 15.1. The van der Waals surface area contributed by atoms with E-state index in [4.69, 9.17) is 26.2 Å². The van der Waals surface area contributed by atoms with Crippen molar-refractivity contribution in [3.05, 3.63) is 28.8 Å². The van der Waals surface area contributed by atoms with Crippen LogP contribution in [0.4, 0.5) is 0 Å². The number of benzene rings is 1. The zero-order valence-electron chi connectivity index (χ0n) is 11.3. The Kier molecular flexibility index (Phi) is 5.23. The molecule has 1 N–H and O–H groups in total. The number of carbonyl (C=O) groups excluding carboxylic acids is 1. The van der Waals surface area contributed by atoms with Crippen molar-refractivity contribution in [2.75, 3.05) is 32.9 Å². The van der Waals surface area contributed by atoms with Gasteiger partial charge in [-0.3, -0.25) is 4.79 Å². The fraction of sp³-hybridized carbons (Fsp3) is 0.500. The van der Waals surface area contributed by atoms with Crippen molar-refractivity contribution in [2.45, 2.75) is 13.0 Å². The third kappa shape index (κ3) is 3.85. The number of aryl methyl sites for hydroxylation is 1. The standard InChI is InChI=1S/C14H18ClNO4/c1-10-6-11(15)2-3-13(10)20-9-14(18)16-4-5-19-12(7-16)8-17/h2-3,6,12,17H,4-5,7-9H2,1H3. The van der Waals surface area contributed by atoms with Crippen molar-refractivity contribution in [3.63, 3.8) is 0 Å². The van der Waals surface area contributed by atoms with Gasteiger partial charge in [0.15, 0.2) is 6.61 Å². The molecule has 1 saturated heterocycles.